The number of hydrogen-bond donors (Lipinski definition) is 0. The third-order valence-corrected chi connectivity index (χ3v) is 5.32. The highest BCUT2D eigenvalue weighted by atomic mass is 79.9. The molecule has 1 aliphatic carbocycles. The summed E-state index contributed by atoms with van der Waals surface area (Å²) in [5.74, 6) is 1.92. The maximum absolute atomic E-state index is 12.9. The molecule has 20 heavy (non-hydrogen) atoms. The minimum Gasteiger partial charge on any atom is -0.496 e. The molecule has 1 saturated carbocycles. The Morgan fingerprint density at radius 2 is 1.85 bits per heavy atom. The van der Waals surface area contributed by atoms with E-state index in [-0.39, 0.29) is 11.7 Å². The van der Waals surface area contributed by atoms with Crippen molar-refractivity contribution in [3.8, 4) is 5.75 Å². The highest BCUT2D eigenvalue weighted by Crippen LogP contribution is 2.37. The van der Waals surface area contributed by atoms with Crippen molar-refractivity contribution < 1.29 is 9.53 Å². The first-order valence-electron chi connectivity index (χ1n) is 7.33. The van der Waals surface area contributed by atoms with Crippen molar-refractivity contribution >= 4 is 21.7 Å². The molecule has 0 aromatic heterocycles. The van der Waals surface area contributed by atoms with Gasteiger partial charge in [-0.05, 0) is 49.8 Å². The number of carbonyl (C=O) groups is 1. The molecule has 3 heteroatoms. The number of Topliss-reactive ketones (excluding diaryl/α,β-unsaturated/α-hetero) is 1. The number of aryl methyl sites for hydroxylation is 1. The van der Waals surface area contributed by atoms with Gasteiger partial charge in [0.25, 0.3) is 0 Å². The molecule has 0 radical (unpaired) electrons. The predicted molar refractivity (Wildman–Crippen MR) is 85.6 cm³/mol. The van der Waals surface area contributed by atoms with E-state index in [1.165, 1.54) is 0 Å². The van der Waals surface area contributed by atoms with E-state index in [1.807, 2.05) is 19.9 Å². The summed E-state index contributed by atoms with van der Waals surface area (Å²) >= 11 is 3.55. The minimum atomic E-state index is 0.160. The zero-order valence-electron chi connectivity index (χ0n) is 12.8. The van der Waals surface area contributed by atoms with Crippen LogP contribution in [0.15, 0.2) is 10.5 Å². The molecular formula is C17H23BrO2. The van der Waals surface area contributed by atoms with Crippen molar-refractivity contribution in [1.82, 2.24) is 0 Å². The second-order valence-corrected chi connectivity index (χ2v) is 6.88. The van der Waals surface area contributed by atoms with Crippen molar-refractivity contribution in [3.63, 3.8) is 0 Å². The van der Waals surface area contributed by atoms with E-state index >= 15 is 0 Å². The molecule has 0 amide bonds. The largest absolute Gasteiger partial charge is 0.496 e. The molecule has 2 rings (SSSR count). The molecule has 0 atom stereocenters. The molecular weight excluding hydrogens is 316 g/mol. The Hall–Kier alpha value is -0.830. The number of ketones is 1. The first-order chi connectivity index (χ1) is 9.45. The summed E-state index contributed by atoms with van der Waals surface area (Å²) in [6.45, 7) is 6.25. The van der Waals surface area contributed by atoms with E-state index < -0.39 is 0 Å². The van der Waals surface area contributed by atoms with E-state index in [4.69, 9.17) is 4.74 Å². The van der Waals surface area contributed by atoms with Gasteiger partial charge in [-0.15, -0.1) is 0 Å². The third-order valence-electron chi connectivity index (χ3n) is 4.50. The molecule has 1 aromatic rings. The van der Waals surface area contributed by atoms with E-state index in [0.29, 0.717) is 0 Å². The monoisotopic (exact) mass is 338 g/mol. The van der Waals surface area contributed by atoms with E-state index in [0.717, 1.165) is 58.5 Å². The van der Waals surface area contributed by atoms with Crippen molar-refractivity contribution in [3.05, 3.63) is 27.2 Å². The van der Waals surface area contributed by atoms with Crippen LogP contribution in [0, 0.1) is 25.7 Å². The number of rotatable bonds is 3. The molecule has 1 aromatic carbocycles. The van der Waals surface area contributed by atoms with Crippen LogP contribution in [0.4, 0.5) is 0 Å². The lowest BCUT2D eigenvalue weighted by Gasteiger charge is -2.26. The Kier molecular flexibility index (Phi) is 4.90. The van der Waals surface area contributed by atoms with Gasteiger partial charge in [-0.2, -0.15) is 0 Å². The Labute approximate surface area is 130 Å². The molecule has 0 unspecified atom stereocenters. The lowest BCUT2D eigenvalue weighted by atomic mass is 9.78. The maximum atomic E-state index is 12.9. The van der Waals surface area contributed by atoms with Gasteiger partial charge in [0.05, 0.1) is 12.7 Å². The fourth-order valence-corrected chi connectivity index (χ4v) is 3.68. The van der Waals surface area contributed by atoms with Gasteiger partial charge in [0.2, 0.25) is 0 Å². The zero-order valence-corrected chi connectivity index (χ0v) is 14.3. The Morgan fingerprint density at radius 1 is 1.25 bits per heavy atom. The molecule has 2 nitrogen and oxygen atoms in total. The molecule has 110 valence electrons. The van der Waals surface area contributed by atoms with Crippen LogP contribution in [0.1, 0.15) is 54.1 Å². The smallest absolute Gasteiger partial charge is 0.169 e. The number of ether oxygens (including phenoxy) is 1. The van der Waals surface area contributed by atoms with Gasteiger partial charge < -0.3 is 4.74 Å². The maximum Gasteiger partial charge on any atom is 0.169 e. The standard InChI is InChI=1S/C17H23BrO2/c1-10-5-7-13(8-6-10)16(19)15-12(3)14(18)9-11(2)17(15)20-4/h9-10,13H,5-8H2,1-4H3. The minimum absolute atomic E-state index is 0.160. The fourth-order valence-electron chi connectivity index (χ4n) is 3.14. The van der Waals surface area contributed by atoms with Gasteiger partial charge >= 0.3 is 0 Å². The van der Waals surface area contributed by atoms with Crippen LogP contribution < -0.4 is 4.74 Å². The molecule has 0 heterocycles. The number of benzene rings is 1. The van der Waals surface area contributed by atoms with Gasteiger partial charge in [-0.3, -0.25) is 4.79 Å². The van der Waals surface area contributed by atoms with Crippen LogP contribution in [-0.4, -0.2) is 12.9 Å². The molecule has 1 aliphatic rings. The van der Waals surface area contributed by atoms with Crippen LogP contribution >= 0.6 is 15.9 Å². The average Bonchev–Trinajstić information content (AvgIpc) is 2.42. The summed E-state index contributed by atoms with van der Waals surface area (Å²) in [4.78, 5) is 12.9. The first-order valence-corrected chi connectivity index (χ1v) is 8.12. The Morgan fingerprint density at radius 3 is 2.40 bits per heavy atom. The number of halogens is 1. The van der Waals surface area contributed by atoms with E-state index in [9.17, 15) is 4.79 Å². The fraction of sp³-hybridized carbons (Fsp3) is 0.588. The normalized spacial score (nSPS) is 22.6. The second-order valence-electron chi connectivity index (χ2n) is 6.03. The lowest BCUT2D eigenvalue weighted by Crippen LogP contribution is -2.22. The summed E-state index contributed by atoms with van der Waals surface area (Å²) in [6.07, 6.45) is 4.33. The first kappa shape index (κ1) is 15.6. The highest BCUT2D eigenvalue weighted by molar-refractivity contribution is 9.10. The quantitative estimate of drug-likeness (QED) is 0.718. The summed E-state index contributed by atoms with van der Waals surface area (Å²) in [5, 5.41) is 0. The molecule has 1 fully saturated rings. The highest BCUT2D eigenvalue weighted by Gasteiger charge is 2.29. The third kappa shape index (κ3) is 2.93. The molecule has 0 N–H and O–H groups in total. The van der Waals surface area contributed by atoms with Gasteiger partial charge in [-0.25, -0.2) is 0 Å². The molecule has 0 aliphatic heterocycles. The Balaban J connectivity index is 2.38. The topological polar surface area (TPSA) is 26.3 Å². The van der Waals surface area contributed by atoms with Gasteiger partial charge in [0.1, 0.15) is 5.75 Å². The predicted octanol–water partition coefficient (Wildman–Crippen LogP) is 5.08. The van der Waals surface area contributed by atoms with Crippen LogP contribution in [0.5, 0.6) is 5.75 Å². The molecule has 0 saturated heterocycles. The van der Waals surface area contributed by atoms with Crippen molar-refractivity contribution in [2.75, 3.05) is 7.11 Å². The van der Waals surface area contributed by atoms with E-state index in [2.05, 4.69) is 22.9 Å². The van der Waals surface area contributed by atoms with Crippen molar-refractivity contribution in [2.24, 2.45) is 11.8 Å². The van der Waals surface area contributed by atoms with Gasteiger partial charge in [0.15, 0.2) is 5.78 Å². The molecule has 0 spiro atoms. The number of carbonyl (C=O) groups excluding carboxylic acids is 1. The lowest BCUT2D eigenvalue weighted by molar-refractivity contribution is 0.0871. The summed E-state index contributed by atoms with van der Waals surface area (Å²) in [6, 6.07) is 2.02. The van der Waals surface area contributed by atoms with Crippen molar-refractivity contribution in [2.45, 2.75) is 46.5 Å². The summed E-state index contributed by atoms with van der Waals surface area (Å²) in [5.41, 5.74) is 2.78. The van der Waals surface area contributed by atoms with Crippen LogP contribution in [0.25, 0.3) is 0 Å². The van der Waals surface area contributed by atoms with E-state index in [1.54, 1.807) is 7.11 Å². The average molecular weight is 339 g/mol. The number of methoxy groups -OCH3 is 1. The van der Waals surface area contributed by atoms with Gasteiger partial charge in [0, 0.05) is 10.4 Å². The molecule has 0 bridgehead atoms. The summed E-state index contributed by atoms with van der Waals surface area (Å²) < 4.78 is 6.49. The Bertz CT molecular complexity index is 514. The van der Waals surface area contributed by atoms with Crippen LogP contribution in [0.3, 0.4) is 0 Å². The second kappa shape index (κ2) is 6.30. The number of hydrogen-bond acceptors (Lipinski definition) is 2. The SMILES string of the molecule is COc1c(C)cc(Br)c(C)c1C(=O)C1CCC(C)CC1. The van der Waals surface area contributed by atoms with Crippen LogP contribution in [0.2, 0.25) is 0 Å². The van der Waals surface area contributed by atoms with Crippen molar-refractivity contribution in [1.29, 1.82) is 0 Å². The van der Waals surface area contributed by atoms with Gasteiger partial charge in [-0.1, -0.05) is 35.7 Å². The zero-order chi connectivity index (χ0) is 14.9. The van der Waals surface area contributed by atoms with Crippen LogP contribution in [-0.2, 0) is 0 Å². The summed E-state index contributed by atoms with van der Waals surface area (Å²) in [7, 11) is 1.65.